The maximum atomic E-state index is 13.5. The summed E-state index contributed by atoms with van der Waals surface area (Å²) in [5.41, 5.74) is 1.11. The van der Waals surface area contributed by atoms with Gasteiger partial charge in [0.05, 0.1) is 6.04 Å². The van der Waals surface area contributed by atoms with E-state index in [1.807, 2.05) is 18.2 Å². The first kappa shape index (κ1) is 15.9. The van der Waals surface area contributed by atoms with E-state index in [1.165, 1.54) is 6.07 Å². The third-order valence-electron chi connectivity index (χ3n) is 4.63. The standard InChI is InChI=1S/C19H17F2NO3/c20-14-5-3-13(10-15(14)21)19(23)22-7-1-2-16(22)12-4-6-17-18(11-12)25-9-8-24-17/h3-6,10-11,16H,1-2,7-9H2/t16-/m1/s1. The van der Waals surface area contributed by atoms with E-state index in [0.29, 0.717) is 31.3 Å². The van der Waals surface area contributed by atoms with Gasteiger partial charge in [-0.1, -0.05) is 6.07 Å². The van der Waals surface area contributed by atoms with E-state index in [2.05, 4.69) is 0 Å². The van der Waals surface area contributed by atoms with Gasteiger partial charge in [-0.3, -0.25) is 4.79 Å². The topological polar surface area (TPSA) is 38.8 Å². The van der Waals surface area contributed by atoms with Crippen molar-refractivity contribution in [1.82, 2.24) is 4.90 Å². The molecule has 130 valence electrons. The fraction of sp³-hybridized carbons (Fsp3) is 0.316. The number of amides is 1. The SMILES string of the molecule is O=C(c1ccc(F)c(F)c1)N1CCC[C@@H]1c1ccc2c(c1)OCCO2. The first-order valence-electron chi connectivity index (χ1n) is 8.29. The zero-order valence-corrected chi connectivity index (χ0v) is 13.5. The molecule has 2 aromatic rings. The lowest BCUT2D eigenvalue weighted by molar-refractivity contribution is 0.0734. The van der Waals surface area contributed by atoms with Crippen molar-refractivity contribution in [2.24, 2.45) is 0 Å². The van der Waals surface area contributed by atoms with Crippen LogP contribution in [0.25, 0.3) is 0 Å². The molecule has 0 N–H and O–H groups in total. The van der Waals surface area contributed by atoms with Crippen molar-refractivity contribution in [2.75, 3.05) is 19.8 Å². The molecule has 2 aliphatic heterocycles. The third kappa shape index (κ3) is 2.92. The number of benzene rings is 2. The van der Waals surface area contributed by atoms with Crippen molar-refractivity contribution in [2.45, 2.75) is 18.9 Å². The Morgan fingerprint density at radius 1 is 1.00 bits per heavy atom. The summed E-state index contributed by atoms with van der Waals surface area (Å²) in [5, 5.41) is 0. The number of fused-ring (bicyclic) bond motifs is 1. The van der Waals surface area contributed by atoms with Crippen LogP contribution in [0.5, 0.6) is 11.5 Å². The molecule has 4 nitrogen and oxygen atoms in total. The second kappa shape index (κ2) is 6.35. The Bertz CT molecular complexity index is 824. The number of carbonyl (C=O) groups is 1. The zero-order chi connectivity index (χ0) is 17.4. The summed E-state index contributed by atoms with van der Waals surface area (Å²) in [4.78, 5) is 14.5. The maximum absolute atomic E-state index is 13.5. The molecule has 0 aliphatic carbocycles. The summed E-state index contributed by atoms with van der Waals surface area (Å²) >= 11 is 0. The highest BCUT2D eigenvalue weighted by Crippen LogP contribution is 2.38. The normalized spacial score (nSPS) is 19.1. The van der Waals surface area contributed by atoms with Crippen LogP contribution in [0.1, 0.15) is 34.8 Å². The molecule has 25 heavy (non-hydrogen) atoms. The van der Waals surface area contributed by atoms with Crippen LogP contribution in [-0.2, 0) is 0 Å². The van der Waals surface area contributed by atoms with E-state index in [-0.39, 0.29) is 17.5 Å². The van der Waals surface area contributed by atoms with Gasteiger partial charge in [0, 0.05) is 12.1 Å². The molecule has 6 heteroatoms. The highest BCUT2D eigenvalue weighted by atomic mass is 19.2. The predicted molar refractivity (Wildman–Crippen MR) is 86.8 cm³/mol. The number of likely N-dealkylation sites (tertiary alicyclic amines) is 1. The molecule has 0 aromatic heterocycles. The lowest BCUT2D eigenvalue weighted by Gasteiger charge is -2.27. The Morgan fingerprint density at radius 3 is 2.60 bits per heavy atom. The molecule has 1 saturated heterocycles. The second-order valence-electron chi connectivity index (χ2n) is 6.19. The van der Waals surface area contributed by atoms with Crippen molar-refractivity contribution in [3.05, 3.63) is 59.2 Å². The molecule has 1 amide bonds. The quantitative estimate of drug-likeness (QED) is 0.833. The molecule has 2 heterocycles. The average molecular weight is 345 g/mol. The van der Waals surface area contributed by atoms with Crippen molar-refractivity contribution in [3.8, 4) is 11.5 Å². The maximum Gasteiger partial charge on any atom is 0.254 e. The number of rotatable bonds is 2. The van der Waals surface area contributed by atoms with Gasteiger partial charge >= 0.3 is 0 Å². The molecule has 0 unspecified atom stereocenters. The molecular weight excluding hydrogens is 328 g/mol. The first-order valence-corrected chi connectivity index (χ1v) is 8.29. The van der Waals surface area contributed by atoms with Crippen LogP contribution in [0.2, 0.25) is 0 Å². The molecule has 0 saturated carbocycles. The smallest absolute Gasteiger partial charge is 0.254 e. The number of ether oxygens (including phenoxy) is 2. The van der Waals surface area contributed by atoms with E-state index in [4.69, 9.17) is 9.47 Å². The van der Waals surface area contributed by atoms with Crippen LogP contribution in [0.3, 0.4) is 0 Å². The lowest BCUT2D eigenvalue weighted by Crippen LogP contribution is -2.30. The molecule has 2 aliphatic rings. The Kier molecular flexibility index (Phi) is 4.03. The van der Waals surface area contributed by atoms with E-state index < -0.39 is 11.6 Å². The molecule has 4 rings (SSSR count). The number of halogens is 2. The van der Waals surface area contributed by atoms with Crippen LogP contribution >= 0.6 is 0 Å². The van der Waals surface area contributed by atoms with Gasteiger partial charge in [0.25, 0.3) is 5.91 Å². The van der Waals surface area contributed by atoms with Crippen molar-refractivity contribution in [1.29, 1.82) is 0 Å². The summed E-state index contributed by atoms with van der Waals surface area (Å²) < 4.78 is 37.7. The molecule has 2 aromatic carbocycles. The number of carbonyl (C=O) groups excluding carboxylic acids is 1. The second-order valence-corrected chi connectivity index (χ2v) is 6.19. The number of nitrogens with zero attached hydrogens (tertiary/aromatic N) is 1. The Hall–Kier alpha value is -2.63. The largest absolute Gasteiger partial charge is 0.486 e. The zero-order valence-electron chi connectivity index (χ0n) is 13.5. The van der Waals surface area contributed by atoms with Gasteiger partial charge in [-0.25, -0.2) is 8.78 Å². The fourth-order valence-corrected chi connectivity index (χ4v) is 3.42. The lowest BCUT2D eigenvalue weighted by atomic mass is 10.0. The van der Waals surface area contributed by atoms with Crippen LogP contribution in [0.4, 0.5) is 8.78 Å². The Balaban J connectivity index is 1.61. The molecule has 0 spiro atoms. The van der Waals surface area contributed by atoms with Gasteiger partial charge in [0.15, 0.2) is 23.1 Å². The van der Waals surface area contributed by atoms with Crippen molar-refractivity contribution in [3.63, 3.8) is 0 Å². The summed E-state index contributed by atoms with van der Waals surface area (Å²) in [7, 11) is 0. The van der Waals surface area contributed by atoms with E-state index in [1.54, 1.807) is 4.90 Å². The van der Waals surface area contributed by atoms with E-state index in [9.17, 15) is 13.6 Å². The van der Waals surface area contributed by atoms with Gasteiger partial charge in [0.2, 0.25) is 0 Å². The third-order valence-corrected chi connectivity index (χ3v) is 4.63. The summed E-state index contributed by atoms with van der Waals surface area (Å²) in [6.07, 6.45) is 1.67. The first-order chi connectivity index (χ1) is 12.1. The fourth-order valence-electron chi connectivity index (χ4n) is 3.42. The summed E-state index contributed by atoms with van der Waals surface area (Å²) in [5.74, 6) is -0.888. The monoisotopic (exact) mass is 345 g/mol. The van der Waals surface area contributed by atoms with Crippen LogP contribution in [0, 0.1) is 11.6 Å². The van der Waals surface area contributed by atoms with Crippen LogP contribution in [-0.4, -0.2) is 30.6 Å². The highest BCUT2D eigenvalue weighted by Gasteiger charge is 2.31. The molecular formula is C19H17F2NO3. The van der Waals surface area contributed by atoms with E-state index >= 15 is 0 Å². The van der Waals surface area contributed by atoms with Crippen LogP contribution in [0.15, 0.2) is 36.4 Å². The van der Waals surface area contributed by atoms with Gasteiger partial charge in [-0.2, -0.15) is 0 Å². The minimum absolute atomic E-state index is 0.114. The minimum atomic E-state index is -1.01. The summed E-state index contributed by atoms with van der Waals surface area (Å²) in [6, 6.07) is 8.82. The highest BCUT2D eigenvalue weighted by molar-refractivity contribution is 5.94. The Labute approximate surface area is 144 Å². The molecule has 1 atom stereocenters. The van der Waals surface area contributed by atoms with Crippen LogP contribution < -0.4 is 9.47 Å². The van der Waals surface area contributed by atoms with Crippen molar-refractivity contribution < 1.29 is 23.0 Å². The molecule has 0 radical (unpaired) electrons. The van der Waals surface area contributed by atoms with Gasteiger partial charge in [-0.15, -0.1) is 0 Å². The number of hydrogen-bond acceptors (Lipinski definition) is 3. The Morgan fingerprint density at radius 2 is 1.80 bits per heavy atom. The molecule has 0 bridgehead atoms. The predicted octanol–water partition coefficient (Wildman–Crippen LogP) is 3.71. The number of hydrogen-bond donors (Lipinski definition) is 0. The molecule has 1 fully saturated rings. The van der Waals surface area contributed by atoms with E-state index in [0.717, 1.165) is 30.5 Å². The summed E-state index contributed by atoms with van der Waals surface area (Å²) in [6.45, 7) is 1.60. The van der Waals surface area contributed by atoms with Crippen molar-refractivity contribution >= 4 is 5.91 Å². The van der Waals surface area contributed by atoms with Gasteiger partial charge in [-0.05, 0) is 48.7 Å². The average Bonchev–Trinajstić information content (AvgIpc) is 3.12. The van der Waals surface area contributed by atoms with Gasteiger partial charge in [0.1, 0.15) is 13.2 Å². The minimum Gasteiger partial charge on any atom is -0.486 e. The van der Waals surface area contributed by atoms with Gasteiger partial charge < -0.3 is 14.4 Å².